The van der Waals surface area contributed by atoms with Crippen molar-refractivity contribution >= 4 is 33.2 Å². The quantitative estimate of drug-likeness (QED) is 0.856. The molecule has 0 heterocycles. The number of nitrogens with one attached hydrogen (secondary N) is 1. The number of rotatable bonds is 3. The topological polar surface area (TPSA) is 55.1 Å². The molecule has 2 aromatic rings. The zero-order valence-corrected chi connectivity index (χ0v) is 11.3. The molecule has 0 spiro atoms. The summed E-state index contributed by atoms with van der Waals surface area (Å²) in [6.45, 7) is 0. The fourth-order valence-electron chi connectivity index (χ4n) is 1.63. The van der Waals surface area contributed by atoms with Gasteiger partial charge in [0, 0.05) is 15.8 Å². The van der Waals surface area contributed by atoms with Crippen molar-refractivity contribution in [2.24, 2.45) is 0 Å². The molecule has 0 bridgehead atoms. The van der Waals surface area contributed by atoms with Gasteiger partial charge in [-0.15, -0.1) is 0 Å². The number of anilines is 2. The number of nitrogen functional groups attached to an aromatic ring is 1. The van der Waals surface area contributed by atoms with Crippen LogP contribution in [-0.4, -0.2) is 5.91 Å². The van der Waals surface area contributed by atoms with E-state index in [9.17, 15) is 4.79 Å². The third-order valence-electron chi connectivity index (χ3n) is 2.44. The van der Waals surface area contributed by atoms with Crippen LogP contribution < -0.4 is 11.1 Å². The van der Waals surface area contributed by atoms with E-state index < -0.39 is 0 Å². The molecule has 0 saturated heterocycles. The molecule has 92 valence electrons. The second kappa shape index (κ2) is 5.69. The molecule has 0 fully saturated rings. The Labute approximate surface area is 114 Å². The normalized spacial score (nSPS) is 10.1. The summed E-state index contributed by atoms with van der Waals surface area (Å²) in [7, 11) is 0. The molecule has 18 heavy (non-hydrogen) atoms. The van der Waals surface area contributed by atoms with Crippen molar-refractivity contribution in [2.45, 2.75) is 6.42 Å². The standard InChI is InChI=1S/C14H13BrN2O/c15-11-4-6-13(7-5-11)17-14(18)9-10-2-1-3-12(16)8-10/h1-8H,9,16H2,(H,17,18). The van der Waals surface area contributed by atoms with Gasteiger partial charge in [-0.1, -0.05) is 28.1 Å². The Kier molecular flexibility index (Phi) is 3.99. The highest BCUT2D eigenvalue weighted by atomic mass is 79.9. The van der Waals surface area contributed by atoms with Crippen LogP contribution in [0, 0.1) is 0 Å². The molecular formula is C14H13BrN2O. The minimum atomic E-state index is -0.0528. The van der Waals surface area contributed by atoms with E-state index in [0.29, 0.717) is 12.1 Å². The predicted molar refractivity (Wildman–Crippen MR) is 77.3 cm³/mol. The predicted octanol–water partition coefficient (Wildman–Crippen LogP) is 3.21. The number of nitrogens with two attached hydrogens (primary N) is 1. The lowest BCUT2D eigenvalue weighted by atomic mass is 10.1. The van der Waals surface area contributed by atoms with Gasteiger partial charge < -0.3 is 11.1 Å². The van der Waals surface area contributed by atoms with Gasteiger partial charge in [0.15, 0.2) is 0 Å². The zero-order valence-electron chi connectivity index (χ0n) is 9.69. The van der Waals surface area contributed by atoms with Gasteiger partial charge in [0.1, 0.15) is 0 Å². The molecule has 2 rings (SSSR count). The highest BCUT2D eigenvalue weighted by molar-refractivity contribution is 9.10. The van der Waals surface area contributed by atoms with Gasteiger partial charge in [-0.25, -0.2) is 0 Å². The van der Waals surface area contributed by atoms with Gasteiger partial charge in [-0.05, 0) is 42.0 Å². The van der Waals surface area contributed by atoms with Crippen LogP contribution in [0.4, 0.5) is 11.4 Å². The molecule has 0 atom stereocenters. The molecule has 0 aromatic heterocycles. The maximum atomic E-state index is 11.8. The van der Waals surface area contributed by atoms with Gasteiger partial charge in [0.25, 0.3) is 0 Å². The maximum Gasteiger partial charge on any atom is 0.228 e. The highest BCUT2D eigenvalue weighted by Gasteiger charge is 2.04. The van der Waals surface area contributed by atoms with Crippen LogP contribution in [0.15, 0.2) is 53.0 Å². The van der Waals surface area contributed by atoms with E-state index in [1.165, 1.54) is 0 Å². The fraction of sp³-hybridized carbons (Fsp3) is 0.0714. The summed E-state index contributed by atoms with van der Waals surface area (Å²) in [4.78, 5) is 11.8. The lowest BCUT2D eigenvalue weighted by Crippen LogP contribution is -2.14. The van der Waals surface area contributed by atoms with E-state index in [1.807, 2.05) is 36.4 Å². The summed E-state index contributed by atoms with van der Waals surface area (Å²) < 4.78 is 0.983. The van der Waals surface area contributed by atoms with Crippen molar-refractivity contribution in [2.75, 3.05) is 11.1 Å². The minimum absolute atomic E-state index is 0.0528. The second-order valence-electron chi connectivity index (χ2n) is 3.98. The van der Waals surface area contributed by atoms with Crippen molar-refractivity contribution in [3.63, 3.8) is 0 Å². The molecule has 2 aromatic carbocycles. The molecule has 1 amide bonds. The number of amides is 1. The monoisotopic (exact) mass is 304 g/mol. The SMILES string of the molecule is Nc1cccc(CC(=O)Nc2ccc(Br)cc2)c1. The first-order chi connectivity index (χ1) is 8.63. The average molecular weight is 305 g/mol. The van der Waals surface area contributed by atoms with Crippen LogP contribution in [0.1, 0.15) is 5.56 Å². The summed E-state index contributed by atoms with van der Waals surface area (Å²) in [5.74, 6) is -0.0528. The van der Waals surface area contributed by atoms with Crippen LogP contribution in [0.5, 0.6) is 0 Å². The Bertz CT molecular complexity index is 552. The number of carbonyl (C=O) groups is 1. The highest BCUT2D eigenvalue weighted by Crippen LogP contribution is 2.14. The summed E-state index contributed by atoms with van der Waals surface area (Å²) in [5.41, 5.74) is 8.03. The van der Waals surface area contributed by atoms with Crippen molar-refractivity contribution in [3.8, 4) is 0 Å². The number of halogens is 1. The molecule has 3 N–H and O–H groups in total. The van der Waals surface area contributed by atoms with Crippen LogP contribution in [0.25, 0.3) is 0 Å². The Morgan fingerprint density at radius 1 is 1.17 bits per heavy atom. The van der Waals surface area contributed by atoms with Gasteiger partial charge in [0.05, 0.1) is 6.42 Å². The van der Waals surface area contributed by atoms with E-state index in [1.54, 1.807) is 12.1 Å². The molecule has 3 nitrogen and oxygen atoms in total. The minimum Gasteiger partial charge on any atom is -0.399 e. The molecule has 0 aliphatic heterocycles. The molecule has 0 radical (unpaired) electrons. The molecule has 0 saturated carbocycles. The van der Waals surface area contributed by atoms with E-state index in [-0.39, 0.29) is 5.91 Å². The van der Waals surface area contributed by atoms with Crippen molar-refractivity contribution in [3.05, 3.63) is 58.6 Å². The first-order valence-corrected chi connectivity index (χ1v) is 6.32. The van der Waals surface area contributed by atoms with Crippen molar-refractivity contribution < 1.29 is 4.79 Å². The lowest BCUT2D eigenvalue weighted by Gasteiger charge is -2.06. The smallest absolute Gasteiger partial charge is 0.228 e. The molecular weight excluding hydrogens is 292 g/mol. The Morgan fingerprint density at radius 2 is 1.89 bits per heavy atom. The number of hydrogen-bond donors (Lipinski definition) is 2. The largest absolute Gasteiger partial charge is 0.399 e. The van der Waals surface area contributed by atoms with Crippen LogP contribution >= 0.6 is 15.9 Å². The number of hydrogen-bond acceptors (Lipinski definition) is 2. The van der Waals surface area contributed by atoms with E-state index >= 15 is 0 Å². The van der Waals surface area contributed by atoms with Gasteiger partial charge in [0.2, 0.25) is 5.91 Å². The zero-order chi connectivity index (χ0) is 13.0. The summed E-state index contributed by atoms with van der Waals surface area (Å²) in [6, 6.07) is 14.8. The number of benzene rings is 2. The summed E-state index contributed by atoms with van der Waals surface area (Å²) in [6.07, 6.45) is 0.321. The lowest BCUT2D eigenvalue weighted by molar-refractivity contribution is -0.115. The molecule has 0 aliphatic carbocycles. The third kappa shape index (κ3) is 3.60. The summed E-state index contributed by atoms with van der Waals surface area (Å²) in [5, 5.41) is 2.84. The van der Waals surface area contributed by atoms with E-state index in [2.05, 4.69) is 21.2 Å². The molecule has 0 unspecified atom stereocenters. The van der Waals surface area contributed by atoms with E-state index in [0.717, 1.165) is 15.7 Å². The Balaban J connectivity index is 1.98. The van der Waals surface area contributed by atoms with Gasteiger partial charge in [-0.2, -0.15) is 0 Å². The van der Waals surface area contributed by atoms with Crippen LogP contribution in [-0.2, 0) is 11.2 Å². The number of carbonyl (C=O) groups excluding carboxylic acids is 1. The third-order valence-corrected chi connectivity index (χ3v) is 2.97. The Hall–Kier alpha value is -1.81. The maximum absolute atomic E-state index is 11.8. The molecule has 0 aliphatic rings. The van der Waals surface area contributed by atoms with Crippen molar-refractivity contribution in [1.29, 1.82) is 0 Å². The second-order valence-corrected chi connectivity index (χ2v) is 4.89. The van der Waals surface area contributed by atoms with Crippen LogP contribution in [0.2, 0.25) is 0 Å². The average Bonchev–Trinajstić information content (AvgIpc) is 2.32. The summed E-state index contributed by atoms with van der Waals surface area (Å²) >= 11 is 3.35. The fourth-order valence-corrected chi connectivity index (χ4v) is 1.89. The van der Waals surface area contributed by atoms with Gasteiger partial charge >= 0.3 is 0 Å². The first kappa shape index (κ1) is 12.6. The van der Waals surface area contributed by atoms with E-state index in [4.69, 9.17) is 5.73 Å². The van der Waals surface area contributed by atoms with Crippen molar-refractivity contribution in [1.82, 2.24) is 0 Å². The van der Waals surface area contributed by atoms with Crippen LogP contribution in [0.3, 0.4) is 0 Å². The molecule has 4 heteroatoms. The van der Waals surface area contributed by atoms with Gasteiger partial charge in [-0.3, -0.25) is 4.79 Å². The Morgan fingerprint density at radius 3 is 2.56 bits per heavy atom. The first-order valence-electron chi connectivity index (χ1n) is 5.53.